The normalized spacial score (nSPS) is 21.5. The molecule has 2 aliphatic heterocycles. The number of nitrogens with one attached hydrogen (secondary N) is 1. The summed E-state index contributed by atoms with van der Waals surface area (Å²) in [6.45, 7) is 1.80. The first-order chi connectivity index (χ1) is 17.7. The smallest absolute Gasteiger partial charge is 0.414 e. The predicted octanol–water partition coefficient (Wildman–Crippen LogP) is 0.286. The van der Waals surface area contributed by atoms with Crippen molar-refractivity contribution in [2.24, 2.45) is 11.5 Å². The molecule has 0 saturated carbocycles. The Morgan fingerprint density at radius 1 is 1.27 bits per heavy atom. The van der Waals surface area contributed by atoms with E-state index in [2.05, 4.69) is 5.32 Å². The van der Waals surface area contributed by atoms with Crippen molar-refractivity contribution in [2.45, 2.75) is 37.9 Å². The van der Waals surface area contributed by atoms with Crippen LogP contribution in [-0.2, 0) is 25.6 Å². The van der Waals surface area contributed by atoms with Crippen LogP contribution in [0.25, 0.3) is 11.1 Å². The number of nitrogens with zero attached hydrogens (tertiary/aromatic N) is 2. The van der Waals surface area contributed by atoms with Crippen molar-refractivity contribution in [3.63, 3.8) is 0 Å². The topological polar surface area (TPSA) is 164 Å². The lowest BCUT2D eigenvalue weighted by molar-refractivity contribution is -0.137. The maximum Gasteiger partial charge on any atom is 0.414 e. The quantitative estimate of drug-likeness (QED) is 0.310. The minimum atomic E-state index is -1.17. The molecule has 2 aliphatic rings. The predicted molar refractivity (Wildman–Crippen MR) is 131 cm³/mol. The van der Waals surface area contributed by atoms with Gasteiger partial charge < -0.3 is 30.9 Å². The molecule has 2 fully saturated rings. The molecule has 0 aromatic heterocycles. The fourth-order valence-corrected chi connectivity index (χ4v) is 4.11. The number of carbonyl (C=O) groups is 3. The molecule has 3 amide bonds. The van der Waals surface area contributed by atoms with Gasteiger partial charge in [0.25, 0.3) is 0 Å². The lowest BCUT2D eigenvalue weighted by atomic mass is 10.0. The number of hydrogen-bond acceptors (Lipinski definition) is 8. The molecule has 4 atom stereocenters. The highest BCUT2D eigenvalue weighted by atomic mass is 19.1. The molecule has 3 unspecified atom stereocenters. The van der Waals surface area contributed by atoms with Gasteiger partial charge in [0, 0.05) is 18.7 Å². The second-order valence-electron chi connectivity index (χ2n) is 9.10. The number of aliphatic hydroxyl groups is 1. The zero-order chi connectivity index (χ0) is 26.7. The van der Waals surface area contributed by atoms with Crippen LogP contribution in [0.2, 0.25) is 0 Å². The fourth-order valence-electron chi connectivity index (χ4n) is 4.11. The van der Waals surface area contributed by atoms with E-state index in [9.17, 15) is 14.4 Å². The van der Waals surface area contributed by atoms with Crippen LogP contribution in [0, 0.1) is 5.82 Å². The van der Waals surface area contributed by atoms with Gasteiger partial charge in [0.15, 0.2) is 0 Å². The first-order valence-electron chi connectivity index (χ1n) is 11.9. The first kappa shape index (κ1) is 26.5. The zero-order valence-electron chi connectivity index (χ0n) is 20.3. The average Bonchev–Trinajstić information content (AvgIpc) is 3.46. The van der Waals surface area contributed by atoms with Gasteiger partial charge in [-0.05, 0) is 36.2 Å². The number of nitrogens with two attached hydrogens (primary N) is 2. The summed E-state index contributed by atoms with van der Waals surface area (Å²) in [6.07, 6.45) is -0.790. The number of anilines is 1. The molecule has 2 aromatic carbocycles. The summed E-state index contributed by atoms with van der Waals surface area (Å²) in [6, 6.07) is 10.1. The van der Waals surface area contributed by atoms with Gasteiger partial charge in [-0.25, -0.2) is 9.18 Å². The number of benzene rings is 2. The Hall–Kier alpha value is -3.58. The molecule has 12 heteroatoms. The molecule has 198 valence electrons. The highest BCUT2D eigenvalue weighted by Crippen LogP contribution is 2.29. The lowest BCUT2D eigenvalue weighted by Gasteiger charge is -2.24. The van der Waals surface area contributed by atoms with Crippen LogP contribution >= 0.6 is 0 Å². The van der Waals surface area contributed by atoms with Crippen LogP contribution in [0.3, 0.4) is 0 Å². The second-order valence-corrected chi connectivity index (χ2v) is 9.10. The van der Waals surface area contributed by atoms with Crippen LogP contribution in [0.4, 0.5) is 14.9 Å². The molecule has 0 aliphatic carbocycles. The monoisotopic (exact) mass is 515 g/mol. The van der Waals surface area contributed by atoms with Crippen LogP contribution in [0.15, 0.2) is 42.5 Å². The minimum Gasteiger partial charge on any atom is -0.443 e. The van der Waals surface area contributed by atoms with E-state index in [0.717, 1.165) is 4.90 Å². The van der Waals surface area contributed by atoms with E-state index < -0.39 is 36.4 Å². The van der Waals surface area contributed by atoms with E-state index in [0.29, 0.717) is 35.5 Å². The van der Waals surface area contributed by atoms with E-state index in [4.69, 9.17) is 26.0 Å². The molecule has 2 heterocycles. The van der Waals surface area contributed by atoms with Crippen LogP contribution in [-0.4, -0.2) is 78.6 Å². The van der Waals surface area contributed by atoms with Gasteiger partial charge in [-0.15, -0.1) is 0 Å². The van der Waals surface area contributed by atoms with Crippen molar-refractivity contribution >= 4 is 23.6 Å². The van der Waals surface area contributed by atoms with Gasteiger partial charge in [-0.2, -0.15) is 0 Å². The van der Waals surface area contributed by atoms with E-state index in [1.54, 1.807) is 36.4 Å². The highest BCUT2D eigenvalue weighted by Gasteiger charge is 2.37. The van der Waals surface area contributed by atoms with Gasteiger partial charge >= 0.3 is 6.09 Å². The first-order valence-corrected chi connectivity index (χ1v) is 11.9. The van der Waals surface area contributed by atoms with Crippen LogP contribution in [0.1, 0.15) is 12.5 Å². The third-order valence-corrected chi connectivity index (χ3v) is 6.21. The molecule has 0 radical (unpaired) electrons. The number of ether oxygens (including phenoxy) is 2. The maximum atomic E-state index is 15.1. The lowest BCUT2D eigenvalue weighted by Crippen LogP contribution is -2.48. The number of primary amides is 1. The van der Waals surface area contributed by atoms with Crippen LogP contribution in [0.5, 0.6) is 0 Å². The Kier molecular flexibility index (Phi) is 8.03. The van der Waals surface area contributed by atoms with Gasteiger partial charge in [-0.3, -0.25) is 19.8 Å². The number of rotatable bonds is 11. The minimum absolute atomic E-state index is 0.0271. The Bertz CT molecular complexity index is 1160. The largest absolute Gasteiger partial charge is 0.443 e. The molecule has 37 heavy (non-hydrogen) atoms. The van der Waals surface area contributed by atoms with Gasteiger partial charge in [0.2, 0.25) is 11.8 Å². The Labute approximate surface area is 213 Å². The van der Waals surface area contributed by atoms with Gasteiger partial charge in [0.05, 0.1) is 31.5 Å². The Balaban J connectivity index is 1.41. The molecule has 6 N–H and O–H groups in total. The van der Waals surface area contributed by atoms with Crippen molar-refractivity contribution in [1.82, 2.24) is 10.2 Å². The number of cyclic esters (lactones) is 1. The van der Waals surface area contributed by atoms with Crippen molar-refractivity contribution in [3.8, 4) is 11.1 Å². The summed E-state index contributed by atoms with van der Waals surface area (Å²) in [4.78, 5) is 38.6. The molecular formula is C25H30FN5O6. The molecule has 11 nitrogen and oxygen atoms in total. The summed E-state index contributed by atoms with van der Waals surface area (Å²) >= 11 is 0. The number of aliphatic hydroxyl groups excluding tert-OH is 1. The van der Waals surface area contributed by atoms with Gasteiger partial charge in [0.1, 0.15) is 24.2 Å². The second kappa shape index (κ2) is 11.2. The fraction of sp³-hybridized carbons (Fsp3) is 0.400. The summed E-state index contributed by atoms with van der Waals surface area (Å²) < 4.78 is 25.7. The third kappa shape index (κ3) is 6.41. The van der Waals surface area contributed by atoms with E-state index in [1.807, 2.05) is 6.92 Å². The average molecular weight is 516 g/mol. The maximum absolute atomic E-state index is 15.1. The van der Waals surface area contributed by atoms with Gasteiger partial charge in [-0.1, -0.05) is 24.3 Å². The van der Waals surface area contributed by atoms with E-state index in [1.165, 1.54) is 11.0 Å². The van der Waals surface area contributed by atoms with E-state index in [-0.39, 0.29) is 31.5 Å². The van der Waals surface area contributed by atoms with Crippen molar-refractivity contribution < 1.29 is 33.4 Å². The summed E-state index contributed by atoms with van der Waals surface area (Å²) in [5.74, 6) is -1.84. The number of amides is 3. The summed E-state index contributed by atoms with van der Waals surface area (Å²) in [7, 11) is 0. The molecule has 4 rings (SSSR count). The SMILES string of the molecule is CC1OC1NC[C@H]1CN(c2ccc(-c3ccc(CN(CC(N)=O)C(=O)C(N)CO)cc3)c(F)c2)C(=O)O1. The molecule has 2 saturated heterocycles. The molecule has 0 spiro atoms. The summed E-state index contributed by atoms with van der Waals surface area (Å²) in [5, 5.41) is 12.3. The zero-order valence-corrected chi connectivity index (χ0v) is 20.3. The molecule has 0 bridgehead atoms. The molecule has 2 aromatic rings. The van der Waals surface area contributed by atoms with Crippen LogP contribution < -0.4 is 21.7 Å². The Morgan fingerprint density at radius 3 is 2.57 bits per heavy atom. The van der Waals surface area contributed by atoms with E-state index >= 15 is 4.39 Å². The summed E-state index contributed by atoms with van der Waals surface area (Å²) in [5.41, 5.74) is 12.8. The number of carbonyl (C=O) groups excluding carboxylic acids is 3. The number of hydrogen-bond donors (Lipinski definition) is 4. The van der Waals surface area contributed by atoms with Crippen molar-refractivity contribution in [1.29, 1.82) is 0 Å². The van der Waals surface area contributed by atoms with Crippen molar-refractivity contribution in [2.75, 3.05) is 31.1 Å². The Morgan fingerprint density at radius 2 is 1.97 bits per heavy atom. The standard InChI is InChI=1S/C25H30FN5O6/c1-14-23(36-14)29-9-18-11-31(25(35)37-18)17-6-7-19(20(26)8-17)16-4-2-15(3-5-16)10-30(12-22(28)33)24(34)21(27)13-32/h2-8,14,18,21,23,29,32H,9-13,27H2,1H3,(H2,28,33)/t14?,18-,21?,23?/m0/s1. The number of halogens is 1. The molecular weight excluding hydrogens is 485 g/mol. The van der Waals surface area contributed by atoms with Crippen molar-refractivity contribution in [3.05, 3.63) is 53.8 Å². The third-order valence-electron chi connectivity index (χ3n) is 6.21. The number of epoxide rings is 1. The highest BCUT2D eigenvalue weighted by molar-refractivity contribution is 5.90.